The maximum Gasteiger partial charge on any atom is 0.134 e. The van der Waals surface area contributed by atoms with Gasteiger partial charge in [0.2, 0.25) is 0 Å². The summed E-state index contributed by atoms with van der Waals surface area (Å²) in [7, 11) is 0. The van der Waals surface area contributed by atoms with Crippen molar-refractivity contribution in [1.29, 1.82) is 0 Å². The van der Waals surface area contributed by atoms with E-state index >= 15 is 0 Å². The maximum absolute atomic E-state index is 13.5. The molecule has 0 N–H and O–H groups in total. The van der Waals surface area contributed by atoms with Gasteiger partial charge in [0.05, 0.1) is 16.5 Å². The van der Waals surface area contributed by atoms with Crippen molar-refractivity contribution in [3.63, 3.8) is 0 Å². The van der Waals surface area contributed by atoms with E-state index in [4.69, 9.17) is 23.2 Å². The van der Waals surface area contributed by atoms with Crippen LogP contribution in [0.4, 0.5) is 4.39 Å². The molecule has 1 heterocycles. The molecule has 0 bridgehead atoms. The average Bonchev–Trinajstić information content (AvgIpc) is 2.66. The highest BCUT2D eigenvalue weighted by Gasteiger charge is 2.12. The molecule has 0 radical (unpaired) electrons. The Morgan fingerprint density at radius 2 is 2.20 bits per heavy atom. The normalized spacial score (nSPS) is 10.6. The van der Waals surface area contributed by atoms with Crippen molar-refractivity contribution in [2.24, 2.45) is 0 Å². The third kappa shape index (κ3) is 2.14. The van der Waals surface area contributed by atoms with Gasteiger partial charge in [0.25, 0.3) is 0 Å². The third-order valence-corrected chi connectivity index (χ3v) is 3.64. The molecule has 0 fully saturated rings. The Labute approximate surface area is 100 Å². The van der Waals surface area contributed by atoms with Crippen LogP contribution in [-0.4, -0.2) is 4.98 Å². The first-order valence-corrected chi connectivity index (χ1v) is 5.90. The Hall–Kier alpha value is -0.640. The molecule has 0 aliphatic rings. The van der Waals surface area contributed by atoms with E-state index < -0.39 is 0 Å². The molecule has 0 spiro atoms. The van der Waals surface area contributed by atoms with E-state index in [1.165, 1.54) is 17.4 Å². The van der Waals surface area contributed by atoms with Crippen LogP contribution in [0.25, 0.3) is 10.6 Å². The van der Waals surface area contributed by atoms with Crippen molar-refractivity contribution in [3.8, 4) is 10.6 Å². The molecule has 15 heavy (non-hydrogen) atoms. The molecular formula is C10H6Cl2FNS. The van der Waals surface area contributed by atoms with Gasteiger partial charge in [0.1, 0.15) is 10.8 Å². The van der Waals surface area contributed by atoms with Gasteiger partial charge in [-0.25, -0.2) is 9.37 Å². The highest BCUT2D eigenvalue weighted by molar-refractivity contribution is 7.15. The number of thiazole rings is 1. The number of halogens is 3. The van der Waals surface area contributed by atoms with Crippen molar-refractivity contribution in [3.05, 3.63) is 40.1 Å². The summed E-state index contributed by atoms with van der Waals surface area (Å²) in [5.41, 5.74) is 0.348. The molecule has 0 aliphatic carbocycles. The quantitative estimate of drug-likeness (QED) is 0.733. The summed E-state index contributed by atoms with van der Waals surface area (Å²) in [5, 5.41) is 0.930. The lowest BCUT2D eigenvalue weighted by atomic mass is 10.2. The van der Waals surface area contributed by atoms with E-state index in [9.17, 15) is 4.39 Å². The topological polar surface area (TPSA) is 12.9 Å². The fourth-order valence-electron chi connectivity index (χ4n) is 1.19. The monoisotopic (exact) mass is 261 g/mol. The van der Waals surface area contributed by atoms with Gasteiger partial charge < -0.3 is 0 Å². The van der Waals surface area contributed by atoms with Crippen LogP contribution in [-0.2, 0) is 5.88 Å². The van der Waals surface area contributed by atoms with Crippen LogP contribution in [0.2, 0.25) is 5.02 Å². The van der Waals surface area contributed by atoms with Crippen LogP contribution in [0.1, 0.15) is 4.88 Å². The number of rotatable bonds is 2. The van der Waals surface area contributed by atoms with E-state index in [1.54, 1.807) is 18.3 Å². The summed E-state index contributed by atoms with van der Waals surface area (Å²) < 4.78 is 13.5. The molecule has 0 saturated heterocycles. The minimum Gasteiger partial charge on any atom is -0.244 e. The van der Waals surface area contributed by atoms with E-state index in [1.807, 2.05) is 0 Å². The molecule has 1 nitrogen and oxygen atoms in total. The number of aromatic nitrogens is 1. The summed E-state index contributed by atoms with van der Waals surface area (Å²) in [6, 6.07) is 4.57. The molecule has 0 unspecified atom stereocenters. The van der Waals surface area contributed by atoms with Crippen molar-refractivity contribution in [2.75, 3.05) is 0 Å². The van der Waals surface area contributed by atoms with Crippen molar-refractivity contribution < 1.29 is 4.39 Å². The smallest absolute Gasteiger partial charge is 0.134 e. The van der Waals surface area contributed by atoms with Gasteiger partial charge in [0.15, 0.2) is 0 Å². The third-order valence-electron chi connectivity index (χ3n) is 1.86. The number of nitrogens with zero attached hydrogens (tertiary/aromatic N) is 1. The number of alkyl halides is 1. The number of benzene rings is 1. The van der Waals surface area contributed by atoms with Crippen LogP contribution in [0.5, 0.6) is 0 Å². The SMILES string of the molecule is Fc1cccc(Cl)c1-c1ncc(CCl)s1. The first-order chi connectivity index (χ1) is 7.22. The summed E-state index contributed by atoms with van der Waals surface area (Å²) in [4.78, 5) is 4.98. The molecule has 0 saturated carbocycles. The molecule has 2 aromatic rings. The maximum atomic E-state index is 13.5. The summed E-state index contributed by atoms with van der Waals surface area (Å²) in [6.45, 7) is 0. The zero-order chi connectivity index (χ0) is 10.8. The number of hydrogen-bond donors (Lipinski definition) is 0. The zero-order valence-corrected chi connectivity index (χ0v) is 9.83. The van der Waals surface area contributed by atoms with E-state index in [0.29, 0.717) is 21.5 Å². The van der Waals surface area contributed by atoms with Crippen LogP contribution in [0.3, 0.4) is 0 Å². The lowest BCUT2D eigenvalue weighted by Crippen LogP contribution is -1.83. The Bertz CT molecular complexity index is 464. The summed E-state index contributed by atoms with van der Waals surface area (Å²) >= 11 is 12.9. The molecule has 2 rings (SSSR count). The van der Waals surface area contributed by atoms with Gasteiger partial charge in [0, 0.05) is 11.1 Å². The minimum atomic E-state index is -0.363. The van der Waals surface area contributed by atoms with Crippen molar-refractivity contribution >= 4 is 34.5 Å². The summed E-state index contributed by atoms with van der Waals surface area (Å²) in [5.74, 6) is 0.0157. The minimum absolute atomic E-state index is 0.348. The molecule has 1 aromatic carbocycles. The van der Waals surface area contributed by atoms with Gasteiger partial charge >= 0.3 is 0 Å². The van der Waals surface area contributed by atoms with E-state index in [-0.39, 0.29) is 5.82 Å². The molecule has 78 valence electrons. The highest BCUT2D eigenvalue weighted by Crippen LogP contribution is 2.33. The lowest BCUT2D eigenvalue weighted by molar-refractivity contribution is 0.631. The largest absolute Gasteiger partial charge is 0.244 e. The number of hydrogen-bond acceptors (Lipinski definition) is 2. The first kappa shape index (κ1) is 10.9. The van der Waals surface area contributed by atoms with E-state index in [0.717, 1.165) is 4.88 Å². The second-order valence-corrected chi connectivity index (χ2v) is 4.65. The Kier molecular flexibility index (Phi) is 3.24. The van der Waals surface area contributed by atoms with Crippen LogP contribution < -0.4 is 0 Å². The van der Waals surface area contributed by atoms with Gasteiger partial charge in [-0.2, -0.15) is 0 Å². The fraction of sp³-hybridized carbons (Fsp3) is 0.100. The van der Waals surface area contributed by atoms with Gasteiger partial charge in [-0.15, -0.1) is 22.9 Å². The second kappa shape index (κ2) is 4.47. The predicted octanol–water partition coefficient (Wildman–Crippen LogP) is 4.34. The van der Waals surface area contributed by atoms with Crippen LogP contribution >= 0.6 is 34.5 Å². The Morgan fingerprint density at radius 3 is 2.80 bits per heavy atom. The molecule has 1 aromatic heterocycles. The van der Waals surface area contributed by atoms with Gasteiger partial charge in [-0.05, 0) is 12.1 Å². The van der Waals surface area contributed by atoms with E-state index in [2.05, 4.69) is 4.98 Å². The standard InChI is InChI=1S/C10H6Cl2FNS/c11-4-6-5-14-10(15-6)9-7(12)2-1-3-8(9)13/h1-3,5H,4H2. The van der Waals surface area contributed by atoms with Crippen molar-refractivity contribution in [2.45, 2.75) is 5.88 Å². The van der Waals surface area contributed by atoms with Crippen LogP contribution in [0, 0.1) is 5.82 Å². The highest BCUT2D eigenvalue weighted by atomic mass is 35.5. The average molecular weight is 262 g/mol. The van der Waals surface area contributed by atoms with Crippen LogP contribution in [0.15, 0.2) is 24.4 Å². The molecule has 5 heteroatoms. The fourth-order valence-corrected chi connectivity index (χ4v) is 2.55. The molecule has 0 atom stereocenters. The lowest BCUT2D eigenvalue weighted by Gasteiger charge is -2.00. The molecule has 0 aliphatic heterocycles. The second-order valence-electron chi connectivity index (χ2n) is 2.86. The van der Waals surface area contributed by atoms with Crippen molar-refractivity contribution in [1.82, 2.24) is 4.98 Å². The summed E-state index contributed by atoms with van der Waals surface area (Å²) in [6.07, 6.45) is 1.63. The Morgan fingerprint density at radius 1 is 1.40 bits per heavy atom. The van der Waals surface area contributed by atoms with Gasteiger partial charge in [-0.1, -0.05) is 17.7 Å². The zero-order valence-electron chi connectivity index (χ0n) is 7.51. The molecule has 0 amide bonds. The van der Waals surface area contributed by atoms with Gasteiger partial charge in [-0.3, -0.25) is 0 Å². The molecular weight excluding hydrogens is 256 g/mol. The Balaban J connectivity index is 2.53. The predicted molar refractivity (Wildman–Crippen MR) is 62.1 cm³/mol. The first-order valence-electron chi connectivity index (χ1n) is 4.17.